The Morgan fingerprint density at radius 3 is 2.68 bits per heavy atom. The third-order valence-corrected chi connectivity index (χ3v) is 4.72. The van der Waals surface area contributed by atoms with Crippen LogP contribution < -0.4 is 5.73 Å². The van der Waals surface area contributed by atoms with Crippen LogP contribution in [0.3, 0.4) is 0 Å². The van der Waals surface area contributed by atoms with Crippen LogP contribution in [0.4, 0.5) is 0 Å². The molecule has 2 N–H and O–H groups in total. The van der Waals surface area contributed by atoms with Crippen LogP contribution in [-0.2, 0) is 6.54 Å². The third kappa shape index (κ3) is 3.08. The second-order valence-corrected chi connectivity index (χ2v) is 6.55. The Kier molecular flexibility index (Phi) is 4.60. The minimum Gasteiger partial charge on any atom is -0.331 e. The van der Waals surface area contributed by atoms with Crippen molar-refractivity contribution in [1.82, 2.24) is 14.5 Å². The van der Waals surface area contributed by atoms with Crippen LogP contribution in [0.5, 0.6) is 0 Å². The van der Waals surface area contributed by atoms with Gasteiger partial charge in [0, 0.05) is 37.4 Å². The van der Waals surface area contributed by atoms with Gasteiger partial charge in [-0.25, -0.2) is 4.98 Å². The van der Waals surface area contributed by atoms with Crippen LogP contribution in [0.1, 0.15) is 37.2 Å². The van der Waals surface area contributed by atoms with Crippen LogP contribution in [0.2, 0.25) is 0 Å². The monoisotopic (exact) mass is 298 g/mol. The van der Waals surface area contributed by atoms with Gasteiger partial charge in [0.15, 0.2) is 0 Å². The summed E-state index contributed by atoms with van der Waals surface area (Å²) >= 11 is 0. The van der Waals surface area contributed by atoms with E-state index in [9.17, 15) is 0 Å². The topological polar surface area (TPSA) is 47.1 Å². The maximum atomic E-state index is 6.03. The fraction of sp³-hybridized carbons (Fsp3) is 0.500. The number of hydrogen-bond donors (Lipinski definition) is 1. The number of imidazole rings is 1. The molecule has 0 bridgehead atoms. The highest BCUT2D eigenvalue weighted by Gasteiger charge is 2.33. The van der Waals surface area contributed by atoms with Crippen molar-refractivity contribution in [1.29, 1.82) is 0 Å². The minimum absolute atomic E-state index is 0.454. The summed E-state index contributed by atoms with van der Waals surface area (Å²) in [5.74, 6) is 2.22. The largest absolute Gasteiger partial charge is 0.331 e. The molecule has 0 amide bonds. The number of rotatable bonds is 5. The molecule has 1 aliphatic heterocycles. The van der Waals surface area contributed by atoms with Crippen molar-refractivity contribution < 1.29 is 0 Å². The fourth-order valence-electron chi connectivity index (χ4n) is 3.54. The zero-order chi connectivity index (χ0) is 15.5. The van der Waals surface area contributed by atoms with E-state index in [1.165, 1.54) is 5.56 Å². The Hall–Kier alpha value is -1.65. The standard InChI is InChI=1S/C18H26N4/c1-14(2)22-9-8-20-18(22)13-21-11-16(10-19)17(12-21)15-6-4-3-5-7-15/h3-9,14,16-17H,10-13,19H2,1-2H3/t16-,17+/m1/s1. The highest BCUT2D eigenvalue weighted by molar-refractivity contribution is 5.22. The van der Waals surface area contributed by atoms with Crippen LogP contribution in [0.15, 0.2) is 42.7 Å². The van der Waals surface area contributed by atoms with Crippen LogP contribution in [0.25, 0.3) is 0 Å². The fourth-order valence-corrected chi connectivity index (χ4v) is 3.54. The van der Waals surface area contributed by atoms with Gasteiger partial charge in [0.2, 0.25) is 0 Å². The molecule has 1 aliphatic rings. The van der Waals surface area contributed by atoms with Gasteiger partial charge >= 0.3 is 0 Å². The Balaban J connectivity index is 1.73. The molecular formula is C18H26N4. The predicted molar refractivity (Wildman–Crippen MR) is 89.6 cm³/mol. The lowest BCUT2D eigenvalue weighted by molar-refractivity contribution is 0.300. The highest BCUT2D eigenvalue weighted by atomic mass is 15.2. The van der Waals surface area contributed by atoms with Crippen LogP contribution in [0, 0.1) is 5.92 Å². The van der Waals surface area contributed by atoms with Gasteiger partial charge in [-0.3, -0.25) is 4.90 Å². The Morgan fingerprint density at radius 2 is 2.00 bits per heavy atom. The van der Waals surface area contributed by atoms with Crippen LogP contribution >= 0.6 is 0 Å². The first-order chi connectivity index (χ1) is 10.7. The Bertz CT molecular complexity index is 590. The number of nitrogens with two attached hydrogens (primary N) is 1. The zero-order valence-electron chi connectivity index (χ0n) is 13.5. The first-order valence-electron chi connectivity index (χ1n) is 8.18. The Morgan fingerprint density at radius 1 is 1.23 bits per heavy atom. The molecule has 118 valence electrons. The number of aromatic nitrogens is 2. The summed E-state index contributed by atoms with van der Waals surface area (Å²) < 4.78 is 2.26. The third-order valence-electron chi connectivity index (χ3n) is 4.72. The average Bonchev–Trinajstić information content (AvgIpc) is 3.15. The quantitative estimate of drug-likeness (QED) is 0.923. The van der Waals surface area contributed by atoms with E-state index in [0.29, 0.717) is 17.9 Å². The van der Waals surface area contributed by atoms with E-state index in [0.717, 1.165) is 32.0 Å². The van der Waals surface area contributed by atoms with Gasteiger partial charge in [0.25, 0.3) is 0 Å². The first kappa shape index (κ1) is 15.3. The smallest absolute Gasteiger partial charge is 0.123 e. The van der Waals surface area contributed by atoms with Crippen molar-refractivity contribution in [3.05, 3.63) is 54.1 Å². The van der Waals surface area contributed by atoms with E-state index in [1.54, 1.807) is 0 Å². The van der Waals surface area contributed by atoms with Gasteiger partial charge < -0.3 is 10.3 Å². The lowest BCUT2D eigenvalue weighted by Crippen LogP contribution is -2.24. The molecule has 0 spiro atoms. The first-order valence-corrected chi connectivity index (χ1v) is 8.18. The molecule has 2 atom stereocenters. The molecule has 1 aromatic carbocycles. The lowest BCUT2D eigenvalue weighted by Gasteiger charge is -2.18. The number of nitrogens with zero attached hydrogens (tertiary/aromatic N) is 3. The molecule has 3 rings (SSSR count). The van der Waals surface area contributed by atoms with E-state index in [1.807, 2.05) is 6.20 Å². The van der Waals surface area contributed by atoms with Gasteiger partial charge in [-0.15, -0.1) is 0 Å². The van der Waals surface area contributed by atoms with Gasteiger partial charge in [-0.2, -0.15) is 0 Å². The van der Waals surface area contributed by atoms with Crippen molar-refractivity contribution >= 4 is 0 Å². The molecule has 0 aliphatic carbocycles. The summed E-state index contributed by atoms with van der Waals surface area (Å²) in [4.78, 5) is 7.04. The van der Waals surface area contributed by atoms with Gasteiger partial charge in [0.1, 0.15) is 5.82 Å². The Labute approximate surface area is 133 Å². The van der Waals surface area contributed by atoms with E-state index in [4.69, 9.17) is 5.73 Å². The van der Waals surface area contributed by atoms with Gasteiger partial charge in [0.05, 0.1) is 6.54 Å². The van der Waals surface area contributed by atoms with Crippen molar-refractivity contribution in [2.24, 2.45) is 11.7 Å². The molecule has 1 saturated heterocycles. The highest BCUT2D eigenvalue weighted by Crippen LogP contribution is 2.32. The van der Waals surface area contributed by atoms with E-state index < -0.39 is 0 Å². The van der Waals surface area contributed by atoms with Gasteiger partial charge in [-0.1, -0.05) is 30.3 Å². The lowest BCUT2D eigenvalue weighted by atomic mass is 9.89. The average molecular weight is 298 g/mol. The molecule has 1 fully saturated rings. The maximum Gasteiger partial charge on any atom is 0.123 e. The SMILES string of the molecule is CC(C)n1ccnc1CN1C[C@@H](CN)[C@H](c2ccccc2)C1. The zero-order valence-corrected chi connectivity index (χ0v) is 13.5. The second kappa shape index (κ2) is 6.63. The molecule has 4 nitrogen and oxygen atoms in total. The second-order valence-electron chi connectivity index (χ2n) is 6.55. The predicted octanol–water partition coefficient (Wildman–Crippen LogP) is 2.64. The normalized spacial score (nSPS) is 22.5. The van der Waals surface area contributed by atoms with Crippen molar-refractivity contribution in [2.75, 3.05) is 19.6 Å². The summed E-state index contributed by atoms with van der Waals surface area (Å²) in [7, 11) is 0. The molecule has 2 aromatic rings. The molecule has 0 unspecified atom stereocenters. The molecule has 0 saturated carbocycles. The number of benzene rings is 1. The molecule has 0 radical (unpaired) electrons. The van der Waals surface area contributed by atoms with Crippen molar-refractivity contribution in [3.8, 4) is 0 Å². The minimum atomic E-state index is 0.454. The molecule has 1 aromatic heterocycles. The van der Waals surface area contributed by atoms with E-state index in [2.05, 4.69) is 64.8 Å². The molecule has 2 heterocycles. The van der Waals surface area contributed by atoms with E-state index >= 15 is 0 Å². The van der Waals surface area contributed by atoms with E-state index in [-0.39, 0.29) is 0 Å². The van der Waals surface area contributed by atoms with Crippen molar-refractivity contribution in [2.45, 2.75) is 32.4 Å². The summed E-state index contributed by atoms with van der Waals surface area (Å²) in [6, 6.07) is 11.2. The molecular weight excluding hydrogens is 272 g/mol. The summed E-state index contributed by atoms with van der Waals surface area (Å²) in [6.07, 6.45) is 3.98. The number of likely N-dealkylation sites (tertiary alicyclic amines) is 1. The van der Waals surface area contributed by atoms with Crippen LogP contribution in [-0.4, -0.2) is 34.1 Å². The number of hydrogen-bond acceptors (Lipinski definition) is 3. The summed E-state index contributed by atoms with van der Waals surface area (Å²) in [5, 5.41) is 0. The summed E-state index contributed by atoms with van der Waals surface area (Å²) in [6.45, 7) is 8.17. The maximum absolute atomic E-state index is 6.03. The molecule has 22 heavy (non-hydrogen) atoms. The summed E-state index contributed by atoms with van der Waals surface area (Å²) in [5.41, 5.74) is 7.44. The van der Waals surface area contributed by atoms with Gasteiger partial charge in [-0.05, 0) is 31.9 Å². The molecule has 4 heteroatoms. The van der Waals surface area contributed by atoms with Crippen molar-refractivity contribution in [3.63, 3.8) is 0 Å².